The Bertz CT molecular complexity index is 718. The Kier molecular flexibility index (Phi) is 4.65. The van der Waals surface area contributed by atoms with Gasteiger partial charge in [-0.1, -0.05) is 0 Å². The molecule has 2 aromatic heterocycles. The predicted molar refractivity (Wildman–Crippen MR) is 92.2 cm³/mol. The predicted octanol–water partition coefficient (Wildman–Crippen LogP) is 4.88. The summed E-state index contributed by atoms with van der Waals surface area (Å²) in [6.45, 7) is 2.10. The van der Waals surface area contributed by atoms with Gasteiger partial charge in [0, 0.05) is 0 Å². The largest absolute Gasteiger partial charge is 0.462 e. The second-order valence-electron chi connectivity index (χ2n) is 4.95. The Morgan fingerprint density at radius 1 is 1.41 bits per heavy atom. The lowest BCUT2D eigenvalue weighted by Crippen LogP contribution is -2.14. The summed E-state index contributed by atoms with van der Waals surface area (Å²) in [6, 6.07) is 3.58. The minimum absolute atomic E-state index is 0.203. The zero-order valence-electron chi connectivity index (χ0n) is 11.8. The number of rotatable bonds is 5. The van der Waals surface area contributed by atoms with E-state index in [-0.39, 0.29) is 11.9 Å². The maximum atomic E-state index is 12.3. The third kappa shape index (κ3) is 3.26. The summed E-state index contributed by atoms with van der Waals surface area (Å²) >= 11 is 6.09. The monoisotopic (exact) mass is 399 g/mol. The van der Waals surface area contributed by atoms with Crippen LogP contribution in [0.2, 0.25) is 0 Å². The van der Waals surface area contributed by atoms with Gasteiger partial charge in [-0.2, -0.15) is 0 Å². The molecule has 0 bridgehead atoms. The van der Waals surface area contributed by atoms with Gasteiger partial charge in [-0.3, -0.25) is 4.79 Å². The maximum absolute atomic E-state index is 12.3. The molecule has 2 aromatic rings. The molecule has 4 nitrogen and oxygen atoms in total. The van der Waals surface area contributed by atoms with E-state index in [9.17, 15) is 9.59 Å². The van der Waals surface area contributed by atoms with Crippen LogP contribution in [0.25, 0.3) is 0 Å². The van der Waals surface area contributed by atoms with E-state index in [1.165, 1.54) is 22.7 Å². The van der Waals surface area contributed by atoms with E-state index in [1.54, 1.807) is 13.0 Å². The van der Waals surface area contributed by atoms with Crippen molar-refractivity contribution in [1.29, 1.82) is 0 Å². The summed E-state index contributed by atoms with van der Waals surface area (Å²) in [5.74, 6) is -0.129. The smallest absolute Gasteiger partial charge is 0.341 e. The van der Waals surface area contributed by atoms with Gasteiger partial charge in [0.25, 0.3) is 5.91 Å². The second-order valence-corrected chi connectivity index (χ2v) is 8.29. The first kappa shape index (κ1) is 15.7. The van der Waals surface area contributed by atoms with Gasteiger partial charge in [0.1, 0.15) is 5.00 Å². The summed E-state index contributed by atoms with van der Waals surface area (Å²) in [5, 5.41) is 5.39. The van der Waals surface area contributed by atoms with Crippen LogP contribution in [0.15, 0.2) is 21.3 Å². The van der Waals surface area contributed by atoms with Crippen molar-refractivity contribution >= 4 is 55.5 Å². The number of anilines is 1. The molecule has 2 heterocycles. The number of carbonyl (C=O) groups is 2. The zero-order valence-corrected chi connectivity index (χ0v) is 15.1. The molecule has 0 radical (unpaired) electrons. The minimum atomic E-state index is -0.353. The number of nitrogens with one attached hydrogen (secondary N) is 1. The first-order valence-electron chi connectivity index (χ1n) is 6.95. The fraction of sp³-hybridized carbons (Fsp3) is 0.333. The number of carbonyl (C=O) groups excluding carboxylic acids is 2. The Balaban J connectivity index is 1.86. The van der Waals surface area contributed by atoms with Crippen molar-refractivity contribution < 1.29 is 14.3 Å². The number of esters is 1. The van der Waals surface area contributed by atoms with Gasteiger partial charge in [0.05, 0.1) is 20.8 Å². The lowest BCUT2D eigenvalue weighted by Gasteiger charge is -2.07. The standard InChI is InChI=1S/C15H14BrNO3S2/c1-2-20-15(19)12-9(8-3-4-8)7-21-14(12)17-13(18)10-5-6-11(16)22-10/h5-8H,2-4H2,1H3,(H,17,18). The summed E-state index contributed by atoms with van der Waals surface area (Å²) in [6.07, 6.45) is 2.18. The van der Waals surface area contributed by atoms with Crippen molar-refractivity contribution in [3.05, 3.63) is 37.3 Å². The van der Waals surface area contributed by atoms with Crippen molar-refractivity contribution in [3.8, 4) is 0 Å². The molecule has 0 unspecified atom stereocenters. The average Bonchev–Trinajstić information content (AvgIpc) is 3.10. The van der Waals surface area contributed by atoms with Crippen LogP contribution in [0.1, 0.15) is 51.3 Å². The van der Waals surface area contributed by atoms with Crippen LogP contribution in [-0.2, 0) is 4.74 Å². The third-order valence-corrected chi connectivity index (χ3v) is 5.88. The molecule has 7 heteroatoms. The molecule has 0 saturated heterocycles. The van der Waals surface area contributed by atoms with Crippen LogP contribution in [0.5, 0.6) is 0 Å². The Morgan fingerprint density at radius 2 is 2.18 bits per heavy atom. The van der Waals surface area contributed by atoms with Gasteiger partial charge in [-0.05, 0) is 64.7 Å². The van der Waals surface area contributed by atoms with E-state index < -0.39 is 0 Å². The first-order chi connectivity index (χ1) is 10.6. The van der Waals surface area contributed by atoms with Crippen LogP contribution in [-0.4, -0.2) is 18.5 Å². The summed E-state index contributed by atoms with van der Waals surface area (Å²) in [5.41, 5.74) is 1.53. The number of hydrogen-bond donors (Lipinski definition) is 1. The highest BCUT2D eigenvalue weighted by atomic mass is 79.9. The lowest BCUT2D eigenvalue weighted by atomic mass is 10.1. The summed E-state index contributed by atoms with van der Waals surface area (Å²) < 4.78 is 6.04. The second kappa shape index (κ2) is 6.52. The van der Waals surface area contributed by atoms with Crippen molar-refractivity contribution in [2.75, 3.05) is 11.9 Å². The molecule has 0 spiro atoms. The SMILES string of the molecule is CCOC(=O)c1c(C2CC2)csc1NC(=O)c1ccc(Br)s1. The Labute approximate surface area is 144 Å². The molecule has 1 saturated carbocycles. The van der Waals surface area contributed by atoms with Gasteiger partial charge < -0.3 is 10.1 Å². The topological polar surface area (TPSA) is 55.4 Å². The van der Waals surface area contributed by atoms with E-state index in [1.807, 2.05) is 11.4 Å². The number of amides is 1. The highest BCUT2D eigenvalue weighted by Crippen LogP contribution is 2.46. The average molecular weight is 400 g/mol. The molecule has 1 aliphatic carbocycles. The Morgan fingerprint density at radius 3 is 2.77 bits per heavy atom. The molecule has 1 amide bonds. The highest BCUT2D eigenvalue weighted by molar-refractivity contribution is 9.11. The zero-order chi connectivity index (χ0) is 15.7. The summed E-state index contributed by atoms with van der Waals surface area (Å²) in [4.78, 5) is 25.1. The molecule has 22 heavy (non-hydrogen) atoms. The van der Waals surface area contributed by atoms with Gasteiger partial charge in [-0.15, -0.1) is 22.7 Å². The van der Waals surface area contributed by atoms with Crippen LogP contribution in [0.4, 0.5) is 5.00 Å². The number of ether oxygens (including phenoxy) is 1. The van der Waals surface area contributed by atoms with E-state index in [0.717, 1.165) is 22.2 Å². The number of hydrogen-bond acceptors (Lipinski definition) is 5. The molecular formula is C15H14BrNO3S2. The normalized spacial score (nSPS) is 13.9. The van der Waals surface area contributed by atoms with Gasteiger partial charge in [0.15, 0.2) is 0 Å². The van der Waals surface area contributed by atoms with E-state index in [0.29, 0.717) is 28.0 Å². The van der Waals surface area contributed by atoms with Gasteiger partial charge in [-0.25, -0.2) is 4.79 Å². The van der Waals surface area contributed by atoms with Crippen molar-refractivity contribution in [3.63, 3.8) is 0 Å². The third-order valence-electron chi connectivity index (χ3n) is 3.34. The summed E-state index contributed by atoms with van der Waals surface area (Å²) in [7, 11) is 0. The maximum Gasteiger partial charge on any atom is 0.341 e. The molecule has 3 rings (SSSR count). The van der Waals surface area contributed by atoms with Gasteiger partial charge in [0.2, 0.25) is 0 Å². The fourth-order valence-electron chi connectivity index (χ4n) is 2.17. The molecule has 1 aliphatic rings. The number of thiophene rings is 2. The first-order valence-corrected chi connectivity index (χ1v) is 9.44. The van der Waals surface area contributed by atoms with Crippen LogP contribution >= 0.6 is 38.6 Å². The minimum Gasteiger partial charge on any atom is -0.462 e. The van der Waals surface area contributed by atoms with Crippen molar-refractivity contribution in [2.24, 2.45) is 0 Å². The van der Waals surface area contributed by atoms with Crippen molar-refractivity contribution in [2.45, 2.75) is 25.7 Å². The van der Waals surface area contributed by atoms with E-state index >= 15 is 0 Å². The quantitative estimate of drug-likeness (QED) is 0.728. The lowest BCUT2D eigenvalue weighted by molar-refractivity contribution is 0.0527. The van der Waals surface area contributed by atoms with Crippen LogP contribution < -0.4 is 5.32 Å². The van der Waals surface area contributed by atoms with Gasteiger partial charge >= 0.3 is 5.97 Å². The van der Waals surface area contributed by atoms with Crippen LogP contribution in [0, 0.1) is 0 Å². The molecular weight excluding hydrogens is 386 g/mol. The number of halogens is 1. The molecule has 1 fully saturated rings. The molecule has 116 valence electrons. The molecule has 0 aliphatic heterocycles. The highest BCUT2D eigenvalue weighted by Gasteiger charge is 2.32. The molecule has 0 aromatic carbocycles. The van der Waals surface area contributed by atoms with Crippen LogP contribution in [0.3, 0.4) is 0 Å². The molecule has 1 N–H and O–H groups in total. The molecule has 0 atom stereocenters. The Hall–Kier alpha value is -1.18. The van der Waals surface area contributed by atoms with E-state index in [4.69, 9.17) is 4.74 Å². The van der Waals surface area contributed by atoms with Crippen molar-refractivity contribution in [1.82, 2.24) is 0 Å². The fourth-order valence-corrected chi connectivity index (χ4v) is 4.48. The van der Waals surface area contributed by atoms with E-state index in [2.05, 4.69) is 21.2 Å².